The topological polar surface area (TPSA) is 37.1 Å². The van der Waals surface area contributed by atoms with Crippen molar-refractivity contribution in [2.75, 3.05) is 6.54 Å². The van der Waals surface area contributed by atoms with Gasteiger partial charge in [0.2, 0.25) is 0 Å². The number of rotatable bonds is 0. The Labute approximate surface area is 41.5 Å². The van der Waals surface area contributed by atoms with E-state index >= 15 is 0 Å². The first kappa shape index (κ1) is 4.18. The third-order valence-corrected chi connectivity index (χ3v) is 0.574. The molecule has 0 radical (unpaired) electrons. The molecular formula is C4H5N3. The van der Waals surface area contributed by atoms with Crippen LogP contribution >= 0.6 is 0 Å². The normalized spacial score (nSPS) is 17.1. The maximum absolute atomic E-state index is 3.85. The minimum absolute atomic E-state index is 0.653. The predicted octanol–water partition coefficient (Wildman–Crippen LogP) is 0.127. The van der Waals surface area contributed by atoms with Gasteiger partial charge in [-0.2, -0.15) is 10.2 Å². The summed E-state index contributed by atoms with van der Waals surface area (Å²) in [5, 5.41) is 7.16. The molecule has 1 heterocycles. The van der Waals surface area contributed by atoms with Crippen LogP contribution in [-0.2, 0) is 0 Å². The number of aliphatic imine (C=N–C) groups is 1. The van der Waals surface area contributed by atoms with Crippen LogP contribution in [0.15, 0.2) is 15.2 Å². The van der Waals surface area contributed by atoms with E-state index < -0.39 is 0 Å². The molecule has 7 heavy (non-hydrogen) atoms. The van der Waals surface area contributed by atoms with Crippen molar-refractivity contribution < 1.29 is 0 Å². The summed E-state index contributed by atoms with van der Waals surface area (Å²) in [5.41, 5.74) is 0. The Hall–Kier alpha value is -0.990. The van der Waals surface area contributed by atoms with Crippen LogP contribution in [0.1, 0.15) is 0 Å². The first-order chi connectivity index (χ1) is 3.50. The fourth-order valence-electron chi connectivity index (χ4n) is 0.307. The molecule has 1 aliphatic heterocycles. The average Bonchev–Trinajstić information content (AvgIpc) is 1.90. The maximum Gasteiger partial charge on any atom is 0.0761 e. The Morgan fingerprint density at radius 2 is 2.14 bits per heavy atom. The van der Waals surface area contributed by atoms with Crippen LogP contribution in [0.5, 0.6) is 0 Å². The van der Waals surface area contributed by atoms with Crippen molar-refractivity contribution in [1.82, 2.24) is 0 Å². The molecule has 0 aromatic carbocycles. The van der Waals surface area contributed by atoms with Crippen LogP contribution in [0, 0.1) is 0 Å². The van der Waals surface area contributed by atoms with Gasteiger partial charge in [-0.15, -0.1) is 0 Å². The van der Waals surface area contributed by atoms with Crippen LogP contribution in [-0.4, -0.2) is 25.2 Å². The van der Waals surface area contributed by atoms with Gasteiger partial charge in [-0.3, -0.25) is 4.99 Å². The van der Waals surface area contributed by atoms with E-state index in [-0.39, 0.29) is 0 Å². The molecule has 0 N–H and O–H groups in total. The van der Waals surface area contributed by atoms with E-state index in [0.29, 0.717) is 6.54 Å². The minimum atomic E-state index is 0.653. The quantitative estimate of drug-likeness (QED) is 0.410. The highest BCUT2D eigenvalue weighted by atomic mass is 15.2. The van der Waals surface area contributed by atoms with Gasteiger partial charge in [-0.1, -0.05) is 0 Å². The van der Waals surface area contributed by atoms with Gasteiger partial charge in [0, 0.05) is 12.4 Å². The zero-order chi connectivity index (χ0) is 4.95. The van der Waals surface area contributed by atoms with Crippen LogP contribution in [0.3, 0.4) is 0 Å². The lowest BCUT2D eigenvalue weighted by molar-refractivity contribution is 1.25. The summed E-state index contributed by atoms with van der Waals surface area (Å²) in [6.07, 6.45) is 4.84. The van der Waals surface area contributed by atoms with Gasteiger partial charge in [0.15, 0.2) is 0 Å². The van der Waals surface area contributed by atoms with Gasteiger partial charge in [-0.25, -0.2) is 0 Å². The molecule has 36 valence electrons. The van der Waals surface area contributed by atoms with Gasteiger partial charge >= 0.3 is 0 Å². The Bertz CT molecular complexity index is 109. The molecule has 0 aromatic heterocycles. The Morgan fingerprint density at radius 3 is 3.14 bits per heavy atom. The van der Waals surface area contributed by atoms with Crippen LogP contribution in [0.2, 0.25) is 0 Å². The minimum Gasteiger partial charge on any atom is -0.286 e. The fraction of sp³-hybridized carbons (Fsp3) is 0.250. The highest BCUT2D eigenvalue weighted by Crippen LogP contribution is 1.71. The van der Waals surface area contributed by atoms with Crippen molar-refractivity contribution in [3.8, 4) is 0 Å². The lowest BCUT2D eigenvalue weighted by atomic mass is 10.7. The lowest BCUT2D eigenvalue weighted by Gasteiger charge is -1.69. The fourth-order valence-corrected chi connectivity index (χ4v) is 0.307. The van der Waals surface area contributed by atoms with Gasteiger partial charge in [0.25, 0.3) is 0 Å². The van der Waals surface area contributed by atoms with E-state index in [0.717, 1.165) is 0 Å². The Morgan fingerprint density at radius 1 is 1.14 bits per heavy atom. The summed E-state index contributed by atoms with van der Waals surface area (Å²) in [7, 11) is 0. The summed E-state index contributed by atoms with van der Waals surface area (Å²) in [6, 6.07) is 0. The number of nitrogens with zero attached hydrogens (tertiary/aromatic N) is 3. The molecule has 1 rings (SSSR count). The second-order valence-corrected chi connectivity index (χ2v) is 1.08. The highest BCUT2D eigenvalue weighted by Gasteiger charge is 1.72. The van der Waals surface area contributed by atoms with Crippen molar-refractivity contribution >= 4 is 18.6 Å². The second-order valence-electron chi connectivity index (χ2n) is 1.08. The largest absolute Gasteiger partial charge is 0.286 e. The third kappa shape index (κ3) is 1.26. The highest BCUT2D eigenvalue weighted by molar-refractivity contribution is 6.16. The standard InChI is InChI=1S/C4H5N3/c1-3-6-7-4-2-5-1/h1,3-4H,2H2. The molecule has 0 unspecified atom stereocenters. The second kappa shape index (κ2) is 2.23. The van der Waals surface area contributed by atoms with Crippen LogP contribution in [0.4, 0.5) is 0 Å². The zero-order valence-corrected chi connectivity index (χ0v) is 3.78. The van der Waals surface area contributed by atoms with E-state index in [1.165, 1.54) is 0 Å². The monoisotopic (exact) mass is 95.0 g/mol. The molecule has 3 nitrogen and oxygen atoms in total. The molecule has 0 bridgehead atoms. The summed E-state index contributed by atoms with van der Waals surface area (Å²) in [6.45, 7) is 0.653. The molecule has 0 aliphatic carbocycles. The third-order valence-electron chi connectivity index (χ3n) is 0.574. The molecule has 0 fully saturated rings. The van der Waals surface area contributed by atoms with Crippen molar-refractivity contribution in [3.63, 3.8) is 0 Å². The van der Waals surface area contributed by atoms with Gasteiger partial charge in [0.05, 0.1) is 12.8 Å². The van der Waals surface area contributed by atoms with Crippen LogP contribution in [0.25, 0.3) is 0 Å². The summed E-state index contributed by atoms with van der Waals surface area (Å²) < 4.78 is 0. The number of hydrogen-bond donors (Lipinski definition) is 0. The van der Waals surface area contributed by atoms with E-state index in [9.17, 15) is 0 Å². The van der Waals surface area contributed by atoms with Gasteiger partial charge in [0.1, 0.15) is 0 Å². The summed E-state index contributed by atoms with van der Waals surface area (Å²) in [4.78, 5) is 3.85. The summed E-state index contributed by atoms with van der Waals surface area (Å²) in [5.74, 6) is 0. The van der Waals surface area contributed by atoms with Gasteiger partial charge in [-0.05, 0) is 0 Å². The first-order valence-electron chi connectivity index (χ1n) is 2.03. The number of hydrogen-bond acceptors (Lipinski definition) is 3. The average molecular weight is 95.1 g/mol. The molecule has 1 aliphatic rings. The van der Waals surface area contributed by atoms with Crippen molar-refractivity contribution in [3.05, 3.63) is 0 Å². The predicted molar refractivity (Wildman–Crippen MR) is 30.3 cm³/mol. The summed E-state index contributed by atoms with van der Waals surface area (Å²) >= 11 is 0. The molecule has 0 amide bonds. The molecule has 0 saturated carbocycles. The SMILES string of the molecule is C1=NCC=NN=C1. The lowest BCUT2D eigenvalue weighted by Crippen LogP contribution is -1.76. The molecule has 0 spiro atoms. The molecular weight excluding hydrogens is 90.1 g/mol. The maximum atomic E-state index is 3.85. The molecule has 3 heteroatoms. The van der Waals surface area contributed by atoms with Crippen molar-refractivity contribution in [2.24, 2.45) is 15.2 Å². The van der Waals surface area contributed by atoms with Crippen molar-refractivity contribution in [2.45, 2.75) is 0 Å². The Balaban J connectivity index is 2.60. The van der Waals surface area contributed by atoms with E-state index in [2.05, 4.69) is 15.2 Å². The zero-order valence-electron chi connectivity index (χ0n) is 3.78. The van der Waals surface area contributed by atoms with E-state index in [4.69, 9.17) is 0 Å². The van der Waals surface area contributed by atoms with Crippen LogP contribution < -0.4 is 0 Å². The molecule has 0 aromatic rings. The first-order valence-corrected chi connectivity index (χ1v) is 2.03. The van der Waals surface area contributed by atoms with E-state index in [1.54, 1.807) is 18.6 Å². The van der Waals surface area contributed by atoms with E-state index in [1.807, 2.05) is 0 Å². The van der Waals surface area contributed by atoms with Crippen molar-refractivity contribution in [1.29, 1.82) is 0 Å². The molecule has 0 atom stereocenters. The Kier molecular flexibility index (Phi) is 1.33. The molecule has 0 saturated heterocycles. The smallest absolute Gasteiger partial charge is 0.0761 e. The van der Waals surface area contributed by atoms with Gasteiger partial charge < -0.3 is 0 Å².